The minimum absolute atomic E-state index is 0.124. The molecule has 4 nitrogen and oxygen atoms in total. The molecule has 4 heteroatoms. The lowest BCUT2D eigenvalue weighted by atomic mass is 10.0. The average molecular weight is 263 g/mol. The number of aliphatic hydroxyl groups is 1. The van der Waals surface area contributed by atoms with E-state index in [1.54, 1.807) is 7.11 Å². The van der Waals surface area contributed by atoms with Crippen molar-refractivity contribution in [2.24, 2.45) is 0 Å². The Balaban J connectivity index is 2.18. The molecule has 1 N–H and O–H groups in total. The highest BCUT2D eigenvalue weighted by atomic mass is 16.5. The molecule has 1 heterocycles. The van der Waals surface area contributed by atoms with Crippen LogP contribution in [0.1, 0.15) is 31.2 Å². The molecule has 1 aromatic rings. The first kappa shape index (κ1) is 13.9. The number of benzene rings is 1. The average Bonchev–Trinajstić information content (AvgIpc) is 2.46. The molecule has 0 saturated heterocycles. The van der Waals surface area contributed by atoms with Crippen molar-refractivity contribution in [2.75, 3.05) is 25.2 Å². The number of hydrogen-bond acceptors (Lipinski definition) is 3. The number of aliphatic hydroxyl groups excluding tert-OH is 1. The number of ether oxygens (including phenoxy) is 1. The molecule has 0 aliphatic carbocycles. The summed E-state index contributed by atoms with van der Waals surface area (Å²) < 4.78 is 5.38. The summed E-state index contributed by atoms with van der Waals surface area (Å²) in [5.41, 5.74) is 2.12. The molecule has 1 amide bonds. The van der Waals surface area contributed by atoms with Crippen LogP contribution in [-0.2, 0) is 11.2 Å². The quantitative estimate of drug-likeness (QED) is 0.828. The standard InChI is InChI=1S/C15H21NO3/c1-19-13-8-4-6-12-7-5-10-16(15(12)13)14(18)9-2-3-11-17/h4,6,8,17H,2-3,5,7,9-11H2,1H3. The molecular formula is C15H21NO3. The van der Waals surface area contributed by atoms with Crippen LogP contribution in [0.4, 0.5) is 5.69 Å². The van der Waals surface area contributed by atoms with Gasteiger partial charge < -0.3 is 14.7 Å². The lowest BCUT2D eigenvalue weighted by Crippen LogP contribution is -2.35. The van der Waals surface area contributed by atoms with E-state index in [0.717, 1.165) is 37.2 Å². The van der Waals surface area contributed by atoms with Crippen LogP contribution in [0.2, 0.25) is 0 Å². The van der Waals surface area contributed by atoms with Crippen LogP contribution >= 0.6 is 0 Å². The van der Waals surface area contributed by atoms with Crippen molar-refractivity contribution in [1.29, 1.82) is 0 Å². The lowest BCUT2D eigenvalue weighted by Gasteiger charge is -2.31. The number of anilines is 1. The van der Waals surface area contributed by atoms with Crippen LogP contribution in [-0.4, -0.2) is 31.3 Å². The number of fused-ring (bicyclic) bond motifs is 1. The minimum Gasteiger partial charge on any atom is -0.495 e. The molecule has 1 aliphatic rings. The predicted molar refractivity (Wildman–Crippen MR) is 74.6 cm³/mol. The van der Waals surface area contributed by atoms with E-state index in [0.29, 0.717) is 12.8 Å². The van der Waals surface area contributed by atoms with E-state index in [1.807, 2.05) is 17.0 Å². The van der Waals surface area contributed by atoms with Crippen molar-refractivity contribution in [3.63, 3.8) is 0 Å². The summed E-state index contributed by atoms with van der Waals surface area (Å²) in [7, 11) is 1.64. The van der Waals surface area contributed by atoms with Crippen molar-refractivity contribution in [3.8, 4) is 5.75 Å². The highest BCUT2D eigenvalue weighted by Crippen LogP contribution is 2.36. The van der Waals surface area contributed by atoms with Crippen molar-refractivity contribution < 1.29 is 14.6 Å². The predicted octanol–water partition coefficient (Wildman–Crippen LogP) is 2.14. The first-order chi connectivity index (χ1) is 9.27. The lowest BCUT2D eigenvalue weighted by molar-refractivity contribution is -0.118. The van der Waals surface area contributed by atoms with Crippen LogP contribution in [0, 0.1) is 0 Å². The van der Waals surface area contributed by atoms with Gasteiger partial charge in [-0.2, -0.15) is 0 Å². The second-order valence-corrected chi connectivity index (χ2v) is 4.80. The van der Waals surface area contributed by atoms with E-state index in [1.165, 1.54) is 5.56 Å². The van der Waals surface area contributed by atoms with Gasteiger partial charge in [-0.05, 0) is 37.3 Å². The topological polar surface area (TPSA) is 49.8 Å². The Morgan fingerprint density at radius 2 is 2.26 bits per heavy atom. The Morgan fingerprint density at radius 3 is 3.00 bits per heavy atom. The van der Waals surface area contributed by atoms with Crippen molar-refractivity contribution in [1.82, 2.24) is 0 Å². The summed E-state index contributed by atoms with van der Waals surface area (Å²) in [5.74, 6) is 0.895. The molecule has 0 atom stereocenters. The Hall–Kier alpha value is -1.55. The molecule has 0 bridgehead atoms. The highest BCUT2D eigenvalue weighted by Gasteiger charge is 2.25. The number of carbonyl (C=O) groups excluding carboxylic acids is 1. The fraction of sp³-hybridized carbons (Fsp3) is 0.533. The Morgan fingerprint density at radius 1 is 1.42 bits per heavy atom. The third-order valence-corrected chi connectivity index (χ3v) is 3.50. The van der Waals surface area contributed by atoms with Crippen LogP contribution in [0.3, 0.4) is 0 Å². The molecule has 0 unspecified atom stereocenters. The molecule has 0 saturated carbocycles. The first-order valence-corrected chi connectivity index (χ1v) is 6.85. The monoisotopic (exact) mass is 263 g/mol. The summed E-state index contributed by atoms with van der Waals surface area (Å²) in [5, 5.41) is 8.78. The molecule has 0 aromatic heterocycles. The fourth-order valence-corrected chi connectivity index (χ4v) is 2.55. The number of hydrogen-bond donors (Lipinski definition) is 1. The van der Waals surface area contributed by atoms with Crippen molar-refractivity contribution in [3.05, 3.63) is 23.8 Å². The Labute approximate surface area is 114 Å². The van der Waals surface area contributed by atoms with Crippen molar-refractivity contribution in [2.45, 2.75) is 32.1 Å². The molecule has 0 spiro atoms. The zero-order chi connectivity index (χ0) is 13.7. The summed E-state index contributed by atoms with van der Waals surface area (Å²) in [6.45, 7) is 0.901. The number of nitrogens with zero attached hydrogens (tertiary/aromatic N) is 1. The van der Waals surface area contributed by atoms with Crippen LogP contribution in [0.15, 0.2) is 18.2 Å². The first-order valence-electron chi connectivity index (χ1n) is 6.85. The summed E-state index contributed by atoms with van der Waals surface area (Å²) in [4.78, 5) is 14.1. The summed E-state index contributed by atoms with van der Waals surface area (Å²) in [6, 6.07) is 5.93. The number of methoxy groups -OCH3 is 1. The summed E-state index contributed by atoms with van der Waals surface area (Å²) >= 11 is 0. The van der Waals surface area contributed by atoms with Gasteiger partial charge in [0.1, 0.15) is 5.75 Å². The van der Waals surface area contributed by atoms with Gasteiger partial charge in [-0.1, -0.05) is 12.1 Å². The van der Waals surface area contributed by atoms with Gasteiger partial charge >= 0.3 is 0 Å². The van der Waals surface area contributed by atoms with E-state index in [-0.39, 0.29) is 12.5 Å². The second-order valence-electron chi connectivity index (χ2n) is 4.80. The smallest absolute Gasteiger partial charge is 0.227 e. The number of amides is 1. The highest BCUT2D eigenvalue weighted by molar-refractivity contribution is 5.96. The van der Waals surface area contributed by atoms with E-state index in [9.17, 15) is 4.79 Å². The number of para-hydroxylation sites is 1. The van der Waals surface area contributed by atoms with E-state index >= 15 is 0 Å². The SMILES string of the molecule is COc1cccc2c1N(C(=O)CCCCO)CCC2. The number of rotatable bonds is 5. The molecule has 104 valence electrons. The van der Waals surface area contributed by atoms with Gasteiger partial charge in [-0.25, -0.2) is 0 Å². The maximum Gasteiger partial charge on any atom is 0.227 e. The van der Waals surface area contributed by atoms with Crippen LogP contribution in [0.25, 0.3) is 0 Å². The molecular weight excluding hydrogens is 242 g/mol. The normalized spacial score (nSPS) is 14.1. The van der Waals surface area contributed by atoms with Crippen LogP contribution < -0.4 is 9.64 Å². The molecule has 2 rings (SSSR count). The number of aryl methyl sites for hydroxylation is 1. The third-order valence-electron chi connectivity index (χ3n) is 3.50. The minimum atomic E-state index is 0.124. The van der Waals surface area contributed by atoms with Gasteiger partial charge in [0.2, 0.25) is 5.91 Å². The van der Waals surface area contributed by atoms with Gasteiger partial charge in [-0.3, -0.25) is 4.79 Å². The van der Waals surface area contributed by atoms with E-state index in [2.05, 4.69) is 6.07 Å². The van der Waals surface area contributed by atoms with E-state index in [4.69, 9.17) is 9.84 Å². The second kappa shape index (κ2) is 6.57. The number of carbonyl (C=O) groups is 1. The summed E-state index contributed by atoms with van der Waals surface area (Å²) in [6.07, 6.45) is 3.88. The maximum absolute atomic E-state index is 12.3. The van der Waals surface area contributed by atoms with Gasteiger partial charge in [0.15, 0.2) is 0 Å². The Bertz CT molecular complexity index is 431. The van der Waals surface area contributed by atoms with Gasteiger partial charge in [-0.15, -0.1) is 0 Å². The zero-order valence-corrected chi connectivity index (χ0v) is 11.4. The molecule has 19 heavy (non-hydrogen) atoms. The van der Waals surface area contributed by atoms with Crippen molar-refractivity contribution >= 4 is 11.6 Å². The largest absolute Gasteiger partial charge is 0.495 e. The molecule has 1 aromatic carbocycles. The van der Waals surface area contributed by atoms with Gasteiger partial charge in [0, 0.05) is 19.6 Å². The van der Waals surface area contributed by atoms with Crippen LogP contribution in [0.5, 0.6) is 5.75 Å². The number of unbranched alkanes of at least 4 members (excludes halogenated alkanes) is 1. The molecule has 0 fully saturated rings. The van der Waals surface area contributed by atoms with Gasteiger partial charge in [0.25, 0.3) is 0 Å². The van der Waals surface area contributed by atoms with Gasteiger partial charge in [0.05, 0.1) is 12.8 Å². The fourth-order valence-electron chi connectivity index (χ4n) is 2.55. The zero-order valence-electron chi connectivity index (χ0n) is 11.4. The molecule has 1 aliphatic heterocycles. The molecule has 0 radical (unpaired) electrons. The third kappa shape index (κ3) is 3.07. The van der Waals surface area contributed by atoms with E-state index < -0.39 is 0 Å². The Kier molecular flexibility index (Phi) is 4.80. The maximum atomic E-state index is 12.3.